The zero-order valence-electron chi connectivity index (χ0n) is 33.4. The molecular formula is C34H66N6O14PS3+. The number of amides is 6. The molecule has 0 saturated heterocycles. The third-order valence-electron chi connectivity index (χ3n) is 7.69. The van der Waals surface area contributed by atoms with Crippen LogP contribution in [0, 0.1) is 0 Å². The fraction of sp³-hybridized carbons (Fsp3) is 0.824. The van der Waals surface area contributed by atoms with Gasteiger partial charge in [0.1, 0.15) is 18.7 Å². The van der Waals surface area contributed by atoms with Crippen LogP contribution in [0.5, 0.6) is 0 Å². The highest BCUT2D eigenvalue weighted by atomic mass is 32.7. The highest BCUT2D eigenvalue weighted by Gasteiger charge is 2.26. The topological polar surface area (TPSA) is 270 Å². The van der Waals surface area contributed by atoms with Crippen molar-refractivity contribution in [2.24, 2.45) is 0 Å². The van der Waals surface area contributed by atoms with Gasteiger partial charge in [0.2, 0.25) is 35.4 Å². The second kappa shape index (κ2) is 37.9. The molecule has 0 rings (SSSR count). The van der Waals surface area contributed by atoms with Crippen molar-refractivity contribution in [3.05, 3.63) is 0 Å². The van der Waals surface area contributed by atoms with E-state index >= 15 is 0 Å². The first-order chi connectivity index (χ1) is 27.8. The van der Waals surface area contributed by atoms with Gasteiger partial charge in [-0.1, -0.05) is 12.8 Å². The van der Waals surface area contributed by atoms with E-state index in [1.54, 1.807) is 6.66 Å². The minimum Gasteiger partial charge on any atom is -0.394 e. The summed E-state index contributed by atoms with van der Waals surface area (Å²) in [6, 6.07) is -2.22. The van der Waals surface area contributed by atoms with Gasteiger partial charge in [-0.05, 0) is 57.9 Å². The van der Waals surface area contributed by atoms with Crippen LogP contribution in [0.1, 0.15) is 70.6 Å². The highest BCUT2D eigenvalue weighted by Crippen LogP contribution is 2.56. The summed E-state index contributed by atoms with van der Waals surface area (Å²) < 4.78 is 30.3. The number of nitrogens with one attached hydrogen (secondary N) is 6. The first-order valence-corrected chi connectivity index (χ1v) is 23.3. The van der Waals surface area contributed by atoms with E-state index < -0.39 is 42.6 Å². The number of thiol groups is 3. The molecule has 0 aliphatic heterocycles. The van der Waals surface area contributed by atoms with Crippen LogP contribution in [-0.4, -0.2) is 156 Å². The maximum Gasteiger partial charge on any atom is 0.324 e. The van der Waals surface area contributed by atoms with Crippen LogP contribution >= 0.6 is 45.0 Å². The zero-order valence-corrected chi connectivity index (χ0v) is 37.0. The van der Waals surface area contributed by atoms with E-state index in [9.17, 15) is 33.7 Å². The molecule has 0 aliphatic rings. The number of hydrogen-bond acceptors (Lipinski definition) is 17. The van der Waals surface area contributed by atoms with Crippen LogP contribution in [0.3, 0.4) is 0 Å². The van der Waals surface area contributed by atoms with Gasteiger partial charge in [0.25, 0.3) is 0 Å². The number of aliphatic hydroxyl groups excluding tert-OH is 1. The van der Waals surface area contributed by atoms with Gasteiger partial charge in [0.05, 0.1) is 78.3 Å². The van der Waals surface area contributed by atoms with Crippen LogP contribution in [0.4, 0.5) is 0 Å². The van der Waals surface area contributed by atoms with Crippen LogP contribution in [0.15, 0.2) is 0 Å². The second-order valence-electron chi connectivity index (χ2n) is 12.8. The SMILES string of the molecule is C[P+](O)(S)OCCCCCCNC(=O)CCCC(=O)NC(CCC(=O)NC(CCC(=O)NCCOCCO)C(=O)NCCOCCOS)C(=O)NCCOCCOS. The van der Waals surface area contributed by atoms with Crippen molar-refractivity contribution in [1.82, 2.24) is 31.9 Å². The maximum atomic E-state index is 13.1. The Labute approximate surface area is 358 Å². The molecular weight excluding hydrogens is 844 g/mol. The van der Waals surface area contributed by atoms with Crippen LogP contribution in [-0.2, 0) is 55.9 Å². The van der Waals surface area contributed by atoms with Gasteiger partial charge in [-0.3, -0.25) is 28.8 Å². The van der Waals surface area contributed by atoms with Crippen molar-refractivity contribution in [3.8, 4) is 0 Å². The third-order valence-corrected chi connectivity index (χ3v) is 9.08. The number of aliphatic hydroxyl groups is 1. The zero-order chi connectivity index (χ0) is 43.3. The quantitative estimate of drug-likeness (QED) is 0.0165. The predicted molar refractivity (Wildman–Crippen MR) is 226 cm³/mol. The average molecular weight is 910 g/mol. The van der Waals surface area contributed by atoms with Crippen LogP contribution < -0.4 is 31.9 Å². The van der Waals surface area contributed by atoms with Crippen molar-refractivity contribution < 1.29 is 65.9 Å². The van der Waals surface area contributed by atoms with E-state index in [0.29, 0.717) is 13.2 Å². The van der Waals surface area contributed by atoms with Crippen LogP contribution in [0.25, 0.3) is 0 Å². The summed E-state index contributed by atoms with van der Waals surface area (Å²) in [6.07, 6.45) is 3.05. The molecule has 0 radical (unpaired) electrons. The van der Waals surface area contributed by atoms with Gasteiger partial charge in [0, 0.05) is 51.9 Å². The molecule has 58 heavy (non-hydrogen) atoms. The molecule has 0 heterocycles. The summed E-state index contributed by atoms with van der Waals surface area (Å²) in [5, 5.41) is 24.9. The van der Waals surface area contributed by atoms with Gasteiger partial charge in [-0.15, -0.1) is 0 Å². The Bertz CT molecular complexity index is 1150. The van der Waals surface area contributed by atoms with E-state index in [4.69, 9.17) is 23.8 Å². The maximum absolute atomic E-state index is 13.1. The Morgan fingerprint density at radius 3 is 1.52 bits per heavy atom. The molecule has 3 atom stereocenters. The molecule has 0 aromatic rings. The fourth-order valence-electron chi connectivity index (χ4n) is 4.82. The monoisotopic (exact) mass is 909 g/mol. The van der Waals surface area contributed by atoms with Gasteiger partial charge >= 0.3 is 6.92 Å². The molecule has 24 heteroatoms. The standard InChI is InChI=1S/C34H65N6O14PS3/c1-55(48,58)52-18-5-3-2-4-13-35-29(42)7-6-8-31(44)39-28(34(47)38-16-21-51-24-26-54-57)10-12-32(45)40-27(33(46)37-15-20-50-23-25-53-56)9-11-30(43)36-14-19-49-22-17-41/h27-28,41,48,58H,2-26H2,1H3,(H7-,35,36,37,38,39,40,42,43,44,45,46,47,56,57)/p+1. The smallest absolute Gasteiger partial charge is 0.324 e. The molecule has 338 valence electrons. The first kappa shape index (κ1) is 56.0. The lowest BCUT2D eigenvalue weighted by atomic mass is 10.1. The van der Waals surface area contributed by atoms with Gasteiger partial charge in [0.15, 0.2) is 0 Å². The second-order valence-corrected chi connectivity index (χ2v) is 17.4. The molecule has 0 aromatic heterocycles. The summed E-state index contributed by atoms with van der Waals surface area (Å²) in [5.41, 5.74) is 0. The Kier molecular flexibility index (Phi) is 36.6. The molecule has 6 amide bonds. The predicted octanol–water partition coefficient (Wildman–Crippen LogP) is -0.192. The van der Waals surface area contributed by atoms with Gasteiger partial charge < -0.3 is 59.6 Å². The minimum atomic E-state index is -2.54. The minimum absolute atomic E-state index is 0.0419. The first-order valence-electron chi connectivity index (χ1n) is 19.3. The lowest BCUT2D eigenvalue weighted by molar-refractivity contribution is -0.131. The lowest BCUT2D eigenvalue weighted by Gasteiger charge is -2.21. The van der Waals surface area contributed by atoms with E-state index in [1.807, 2.05) is 0 Å². The number of hydrogen-bond donors (Lipinski definition) is 11. The Morgan fingerprint density at radius 1 is 0.534 bits per heavy atom. The summed E-state index contributed by atoms with van der Waals surface area (Å²) in [5.74, 6) is -2.79. The molecule has 0 fully saturated rings. The van der Waals surface area contributed by atoms with Gasteiger partial charge in [-0.2, -0.15) is 4.52 Å². The number of unbranched alkanes of at least 4 members (excludes halogenated alkanes) is 3. The van der Waals surface area contributed by atoms with E-state index in [2.05, 4.69) is 78.3 Å². The number of carbonyl (C=O) groups excluding carboxylic acids is 6. The molecule has 3 unspecified atom stereocenters. The number of ether oxygens (including phenoxy) is 3. The van der Waals surface area contributed by atoms with E-state index in [1.165, 1.54) is 0 Å². The van der Waals surface area contributed by atoms with Crippen molar-refractivity contribution in [3.63, 3.8) is 0 Å². The highest BCUT2D eigenvalue weighted by molar-refractivity contribution is 8.48. The summed E-state index contributed by atoms with van der Waals surface area (Å²) in [6.45, 7) is 1.82. The third kappa shape index (κ3) is 35.9. The molecule has 0 bridgehead atoms. The summed E-state index contributed by atoms with van der Waals surface area (Å²) >= 11 is 11.3. The van der Waals surface area contributed by atoms with Gasteiger partial charge in [-0.25, -0.2) is 4.89 Å². The molecule has 0 aromatic carbocycles. The van der Waals surface area contributed by atoms with Crippen molar-refractivity contribution in [2.75, 3.05) is 98.9 Å². The van der Waals surface area contributed by atoms with E-state index in [0.717, 1.165) is 25.7 Å². The fourth-order valence-corrected chi connectivity index (χ4v) is 5.69. The average Bonchev–Trinajstić information content (AvgIpc) is 3.17. The largest absolute Gasteiger partial charge is 0.394 e. The molecule has 20 nitrogen and oxygen atoms in total. The molecule has 0 aliphatic carbocycles. The summed E-state index contributed by atoms with van der Waals surface area (Å²) in [7, 11) is 0. The van der Waals surface area contributed by atoms with Crippen molar-refractivity contribution in [2.45, 2.75) is 82.7 Å². The normalized spacial score (nSPS) is 13.1. The summed E-state index contributed by atoms with van der Waals surface area (Å²) in [4.78, 5) is 86.4. The van der Waals surface area contributed by atoms with Crippen LogP contribution in [0.2, 0.25) is 0 Å². The lowest BCUT2D eigenvalue weighted by Crippen LogP contribution is -2.50. The molecule has 8 N–H and O–H groups in total. The van der Waals surface area contributed by atoms with E-state index in [-0.39, 0.29) is 136 Å². The molecule has 0 spiro atoms. The Morgan fingerprint density at radius 2 is 0.983 bits per heavy atom. The Balaban J connectivity index is 5.16. The Hall–Kier alpha value is -2.02. The number of rotatable bonds is 39. The van der Waals surface area contributed by atoms with Crippen molar-refractivity contribution in [1.29, 1.82) is 0 Å². The molecule has 0 saturated carbocycles. The van der Waals surface area contributed by atoms with Crippen molar-refractivity contribution >= 4 is 80.4 Å². The number of carbonyl (C=O) groups is 6.